The van der Waals surface area contributed by atoms with Crippen LogP contribution in [0.1, 0.15) is 50.4 Å². The van der Waals surface area contributed by atoms with E-state index in [4.69, 9.17) is 4.74 Å². The molecule has 1 aromatic rings. The van der Waals surface area contributed by atoms with Crippen molar-refractivity contribution < 1.29 is 9.53 Å². The maximum absolute atomic E-state index is 12.0. The van der Waals surface area contributed by atoms with E-state index < -0.39 is 0 Å². The van der Waals surface area contributed by atoms with E-state index in [0.717, 1.165) is 24.9 Å². The van der Waals surface area contributed by atoms with Crippen molar-refractivity contribution >= 4 is 11.7 Å². The molecule has 1 unspecified atom stereocenters. The lowest BCUT2D eigenvalue weighted by Crippen LogP contribution is -2.11. The molecule has 0 N–H and O–H groups in total. The molecule has 0 aromatic heterocycles. The summed E-state index contributed by atoms with van der Waals surface area (Å²) in [5.74, 6) is 0.335. The molecule has 0 aliphatic heterocycles. The highest BCUT2D eigenvalue weighted by atomic mass is 16.5. The van der Waals surface area contributed by atoms with Crippen LogP contribution in [0.15, 0.2) is 35.9 Å². The monoisotopic (exact) mass is 303 g/mol. The van der Waals surface area contributed by atoms with Gasteiger partial charge in [0, 0.05) is 19.8 Å². The van der Waals surface area contributed by atoms with Crippen LogP contribution in [0, 0.1) is 5.92 Å². The highest BCUT2D eigenvalue weighted by Gasteiger charge is 2.08. The fourth-order valence-corrected chi connectivity index (χ4v) is 2.13. The minimum Gasteiger partial charge on any atom is -0.462 e. The van der Waals surface area contributed by atoms with E-state index in [9.17, 15) is 4.79 Å². The summed E-state index contributed by atoms with van der Waals surface area (Å²) in [4.78, 5) is 14.0. The highest BCUT2D eigenvalue weighted by Crippen LogP contribution is 2.15. The molecule has 0 aliphatic carbocycles. The molecule has 0 heterocycles. The molecular formula is C19H29NO2. The van der Waals surface area contributed by atoms with E-state index in [2.05, 4.69) is 26.8 Å². The molecule has 1 rings (SSSR count). The van der Waals surface area contributed by atoms with Gasteiger partial charge in [0.2, 0.25) is 0 Å². The Morgan fingerprint density at radius 2 is 1.82 bits per heavy atom. The Hall–Kier alpha value is -1.77. The number of allylic oxidation sites excluding steroid dienone is 2. The molecule has 1 aromatic carbocycles. The summed E-state index contributed by atoms with van der Waals surface area (Å²) in [6.07, 6.45) is 5.41. The van der Waals surface area contributed by atoms with Crippen molar-refractivity contribution in [1.29, 1.82) is 0 Å². The standard InChI is InChI=1S/C19H29NO2/c1-15(2)7-6-8-16(3)13-14-22-19(21)17-9-11-18(12-10-17)20(4)5/h7,9-12,16H,6,8,13-14H2,1-5H3. The molecule has 122 valence electrons. The Labute approximate surface area is 135 Å². The van der Waals surface area contributed by atoms with E-state index >= 15 is 0 Å². The zero-order valence-corrected chi connectivity index (χ0v) is 14.6. The fraction of sp³-hybridized carbons (Fsp3) is 0.526. The third-order valence-electron chi connectivity index (χ3n) is 3.68. The first-order chi connectivity index (χ1) is 10.4. The van der Waals surface area contributed by atoms with Crippen molar-refractivity contribution in [2.75, 3.05) is 25.6 Å². The van der Waals surface area contributed by atoms with Gasteiger partial charge < -0.3 is 9.64 Å². The predicted octanol–water partition coefficient (Wildman–Crippen LogP) is 4.68. The summed E-state index contributed by atoms with van der Waals surface area (Å²) in [5, 5.41) is 0. The molecule has 1 atom stereocenters. The maximum Gasteiger partial charge on any atom is 0.338 e. The Kier molecular flexibility index (Phi) is 7.72. The normalized spacial score (nSPS) is 11.7. The first kappa shape index (κ1) is 18.3. The lowest BCUT2D eigenvalue weighted by molar-refractivity contribution is 0.0484. The molecule has 0 fully saturated rings. The number of esters is 1. The van der Waals surface area contributed by atoms with Crippen LogP contribution in [0.5, 0.6) is 0 Å². The Morgan fingerprint density at radius 1 is 1.18 bits per heavy atom. The van der Waals surface area contributed by atoms with Crippen molar-refractivity contribution in [3.63, 3.8) is 0 Å². The number of nitrogens with zero attached hydrogens (tertiary/aromatic N) is 1. The van der Waals surface area contributed by atoms with Gasteiger partial charge in [-0.25, -0.2) is 4.79 Å². The summed E-state index contributed by atoms with van der Waals surface area (Å²) >= 11 is 0. The predicted molar refractivity (Wildman–Crippen MR) is 93.5 cm³/mol. The number of carbonyl (C=O) groups is 1. The van der Waals surface area contributed by atoms with Gasteiger partial charge in [0.1, 0.15) is 0 Å². The zero-order valence-electron chi connectivity index (χ0n) is 14.6. The summed E-state index contributed by atoms with van der Waals surface area (Å²) in [6.45, 7) is 6.94. The second kappa shape index (κ2) is 9.29. The number of carbonyl (C=O) groups excluding carboxylic acids is 1. The third-order valence-corrected chi connectivity index (χ3v) is 3.68. The molecule has 3 heteroatoms. The van der Waals surface area contributed by atoms with Crippen molar-refractivity contribution in [2.45, 2.75) is 40.0 Å². The van der Waals surface area contributed by atoms with Crippen LogP contribution in [0.25, 0.3) is 0 Å². The molecular weight excluding hydrogens is 274 g/mol. The molecule has 3 nitrogen and oxygen atoms in total. The smallest absolute Gasteiger partial charge is 0.338 e. The topological polar surface area (TPSA) is 29.5 Å². The van der Waals surface area contributed by atoms with Crippen LogP contribution < -0.4 is 4.90 Å². The molecule has 0 amide bonds. The van der Waals surface area contributed by atoms with Gasteiger partial charge in [-0.1, -0.05) is 18.6 Å². The molecule has 0 radical (unpaired) electrons. The van der Waals surface area contributed by atoms with Crippen molar-refractivity contribution in [3.05, 3.63) is 41.5 Å². The second-order valence-corrected chi connectivity index (χ2v) is 6.33. The minimum atomic E-state index is -0.234. The van der Waals surface area contributed by atoms with Crippen LogP contribution in [-0.2, 0) is 4.74 Å². The third kappa shape index (κ3) is 6.79. The lowest BCUT2D eigenvalue weighted by Gasteiger charge is -2.13. The zero-order chi connectivity index (χ0) is 16.5. The molecule has 0 spiro atoms. The highest BCUT2D eigenvalue weighted by molar-refractivity contribution is 5.89. The first-order valence-electron chi connectivity index (χ1n) is 7.98. The number of hydrogen-bond donors (Lipinski definition) is 0. The average Bonchev–Trinajstić information content (AvgIpc) is 2.46. The van der Waals surface area contributed by atoms with Gasteiger partial charge >= 0.3 is 5.97 Å². The lowest BCUT2D eigenvalue weighted by atomic mass is 10.0. The number of ether oxygens (including phenoxy) is 1. The van der Waals surface area contributed by atoms with Gasteiger partial charge in [-0.2, -0.15) is 0 Å². The van der Waals surface area contributed by atoms with Crippen LogP contribution >= 0.6 is 0 Å². The summed E-state index contributed by atoms with van der Waals surface area (Å²) < 4.78 is 5.36. The average molecular weight is 303 g/mol. The molecule has 0 bridgehead atoms. The van der Waals surface area contributed by atoms with Gasteiger partial charge in [0.25, 0.3) is 0 Å². The van der Waals surface area contributed by atoms with Gasteiger partial charge in [0.15, 0.2) is 0 Å². The van der Waals surface area contributed by atoms with Gasteiger partial charge in [-0.05, 0) is 63.3 Å². The van der Waals surface area contributed by atoms with Crippen molar-refractivity contribution in [3.8, 4) is 0 Å². The van der Waals surface area contributed by atoms with Crippen LogP contribution in [0.2, 0.25) is 0 Å². The quantitative estimate of drug-likeness (QED) is 0.516. The van der Waals surface area contributed by atoms with Crippen LogP contribution in [0.3, 0.4) is 0 Å². The van der Waals surface area contributed by atoms with E-state index in [1.165, 1.54) is 5.57 Å². The van der Waals surface area contributed by atoms with Crippen LogP contribution in [-0.4, -0.2) is 26.7 Å². The van der Waals surface area contributed by atoms with Crippen LogP contribution in [0.4, 0.5) is 5.69 Å². The van der Waals surface area contributed by atoms with Crippen molar-refractivity contribution in [2.24, 2.45) is 5.92 Å². The second-order valence-electron chi connectivity index (χ2n) is 6.33. The van der Waals surface area contributed by atoms with E-state index in [-0.39, 0.29) is 5.97 Å². The summed E-state index contributed by atoms with van der Waals surface area (Å²) in [5.41, 5.74) is 3.05. The summed E-state index contributed by atoms with van der Waals surface area (Å²) in [7, 11) is 3.95. The van der Waals surface area contributed by atoms with Gasteiger partial charge in [0.05, 0.1) is 12.2 Å². The first-order valence-corrected chi connectivity index (χ1v) is 7.98. The minimum absolute atomic E-state index is 0.234. The number of hydrogen-bond acceptors (Lipinski definition) is 3. The Bertz CT molecular complexity index is 485. The molecule has 0 aliphatic rings. The van der Waals surface area contributed by atoms with Crippen molar-refractivity contribution in [1.82, 2.24) is 0 Å². The Balaban J connectivity index is 2.32. The number of anilines is 1. The van der Waals surface area contributed by atoms with E-state index in [1.54, 1.807) is 0 Å². The Morgan fingerprint density at radius 3 is 2.36 bits per heavy atom. The molecule has 22 heavy (non-hydrogen) atoms. The molecule has 0 saturated heterocycles. The number of benzene rings is 1. The fourth-order valence-electron chi connectivity index (χ4n) is 2.13. The molecule has 0 saturated carbocycles. The van der Waals surface area contributed by atoms with Gasteiger partial charge in [-0.3, -0.25) is 0 Å². The van der Waals surface area contributed by atoms with E-state index in [1.807, 2.05) is 43.3 Å². The van der Waals surface area contributed by atoms with E-state index in [0.29, 0.717) is 18.1 Å². The number of rotatable bonds is 8. The summed E-state index contributed by atoms with van der Waals surface area (Å²) in [6, 6.07) is 7.49. The maximum atomic E-state index is 12.0. The SMILES string of the molecule is CC(C)=CCCC(C)CCOC(=O)c1ccc(N(C)C)cc1. The largest absolute Gasteiger partial charge is 0.462 e. The van der Waals surface area contributed by atoms with Gasteiger partial charge in [-0.15, -0.1) is 0 Å².